The highest BCUT2D eigenvalue weighted by Gasteiger charge is 2.27. The van der Waals surface area contributed by atoms with Gasteiger partial charge in [0.05, 0.1) is 12.7 Å². The molecule has 1 saturated heterocycles. The van der Waals surface area contributed by atoms with Gasteiger partial charge in [-0.2, -0.15) is 0 Å². The van der Waals surface area contributed by atoms with Crippen molar-refractivity contribution < 1.29 is 14.6 Å². The van der Waals surface area contributed by atoms with E-state index in [0.29, 0.717) is 24.2 Å². The molecule has 1 aliphatic heterocycles. The summed E-state index contributed by atoms with van der Waals surface area (Å²) in [5.74, 6) is 3.16. The molecule has 0 aliphatic carbocycles. The Hall–Kier alpha value is -2.99. The van der Waals surface area contributed by atoms with E-state index in [-0.39, 0.29) is 6.61 Å². The van der Waals surface area contributed by atoms with Gasteiger partial charge in [-0.15, -0.1) is 11.8 Å². The number of piperidine rings is 1. The molecule has 4 nitrogen and oxygen atoms in total. The van der Waals surface area contributed by atoms with E-state index in [2.05, 4.69) is 72.0 Å². The summed E-state index contributed by atoms with van der Waals surface area (Å²) in [6, 6.07) is 33.2. The molecular weight excluding hydrogens is 466 g/mol. The average molecular weight is 500 g/mol. The van der Waals surface area contributed by atoms with Gasteiger partial charge in [0, 0.05) is 23.1 Å². The molecule has 36 heavy (non-hydrogen) atoms. The third-order valence-corrected chi connectivity index (χ3v) is 7.89. The van der Waals surface area contributed by atoms with Crippen LogP contribution in [0.15, 0.2) is 102 Å². The zero-order valence-electron chi connectivity index (χ0n) is 20.4. The number of aliphatic hydroxyl groups excluding tert-OH is 1. The van der Waals surface area contributed by atoms with Gasteiger partial charge < -0.3 is 19.9 Å². The molecule has 0 aromatic heterocycles. The van der Waals surface area contributed by atoms with Gasteiger partial charge in [-0.05, 0) is 71.6 Å². The fraction of sp³-hybridized carbons (Fsp3) is 0.290. The SMILES string of the molecule is OC(COc1ccc(C2CCNCC2COc2ccc3ccccc3c2)cc1)CSc1ccccc1. The molecule has 1 aliphatic rings. The van der Waals surface area contributed by atoms with E-state index in [4.69, 9.17) is 9.47 Å². The predicted octanol–water partition coefficient (Wildman–Crippen LogP) is 6.14. The van der Waals surface area contributed by atoms with Crippen LogP contribution < -0.4 is 14.8 Å². The molecular formula is C31H33NO3S. The van der Waals surface area contributed by atoms with Crippen molar-refractivity contribution in [3.8, 4) is 11.5 Å². The van der Waals surface area contributed by atoms with E-state index in [9.17, 15) is 5.11 Å². The molecule has 5 rings (SSSR count). The molecule has 1 fully saturated rings. The molecule has 186 valence electrons. The van der Waals surface area contributed by atoms with Crippen molar-refractivity contribution in [2.75, 3.05) is 32.1 Å². The van der Waals surface area contributed by atoms with Crippen LogP contribution in [-0.4, -0.2) is 43.3 Å². The molecule has 4 aromatic carbocycles. The number of thioether (sulfide) groups is 1. The summed E-state index contributed by atoms with van der Waals surface area (Å²) in [6.07, 6.45) is 0.567. The lowest BCUT2D eigenvalue weighted by molar-refractivity contribution is 0.126. The monoisotopic (exact) mass is 499 g/mol. The summed E-state index contributed by atoms with van der Waals surface area (Å²) >= 11 is 1.64. The Morgan fingerprint density at radius 1 is 0.833 bits per heavy atom. The normalized spacial score (nSPS) is 18.6. The Labute approximate surface area is 217 Å². The topological polar surface area (TPSA) is 50.7 Å². The zero-order chi connectivity index (χ0) is 24.6. The van der Waals surface area contributed by atoms with Crippen LogP contribution in [0.4, 0.5) is 0 Å². The highest BCUT2D eigenvalue weighted by Crippen LogP contribution is 2.32. The number of fused-ring (bicyclic) bond motifs is 1. The van der Waals surface area contributed by atoms with Crippen molar-refractivity contribution in [3.05, 3.63) is 103 Å². The molecule has 4 aromatic rings. The van der Waals surface area contributed by atoms with Gasteiger partial charge in [0.25, 0.3) is 0 Å². The van der Waals surface area contributed by atoms with E-state index >= 15 is 0 Å². The maximum absolute atomic E-state index is 10.3. The van der Waals surface area contributed by atoms with Crippen LogP contribution in [0, 0.1) is 5.92 Å². The van der Waals surface area contributed by atoms with Crippen LogP contribution in [0.1, 0.15) is 17.9 Å². The first-order valence-corrected chi connectivity index (χ1v) is 13.6. The molecule has 1 heterocycles. The maximum Gasteiger partial charge on any atom is 0.119 e. The first-order valence-electron chi connectivity index (χ1n) is 12.7. The van der Waals surface area contributed by atoms with Gasteiger partial charge in [0.1, 0.15) is 18.1 Å². The zero-order valence-corrected chi connectivity index (χ0v) is 21.2. The number of rotatable bonds is 10. The molecule has 5 heteroatoms. The van der Waals surface area contributed by atoms with Crippen LogP contribution >= 0.6 is 11.8 Å². The predicted molar refractivity (Wildman–Crippen MR) is 148 cm³/mol. The summed E-state index contributed by atoms with van der Waals surface area (Å²) < 4.78 is 12.1. The van der Waals surface area contributed by atoms with Gasteiger partial charge in [-0.25, -0.2) is 0 Å². The van der Waals surface area contributed by atoms with Crippen molar-refractivity contribution in [2.24, 2.45) is 5.92 Å². The number of hydrogen-bond donors (Lipinski definition) is 2. The van der Waals surface area contributed by atoms with Gasteiger partial charge in [0.15, 0.2) is 0 Å². The molecule has 3 unspecified atom stereocenters. The number of ether oxygens (including phenoxy) is 2. The van der Waals surface area contributed by atoms with Crippen LogP contribution in [0.5, 0.6) is 11.5 Å². The van der Waals surface area contributed by atoms with Crippen molar-refractivity contribution >= 4 is 22.5 Å². The Balaban J connectivity index is 1.14. The first-order chi connectivity index (χ1) is 17.7. The minimum absolute atomic E-state index is 0.286. The molecule has 3 atom stereocenters. The number of benzene rings is 4. The summed E-state index contributed by atoms with van der Waals surface area (Å²) in [4.78, 5) is 1.15. The number of aliphatic hydroxyl groups is 1. The Kier molecular flexibility index (Phi) is 8.44. The van der Waals surface area contributed by atoms with E-state index in [0.717, 1.165) is 35.9 Å². The average Bonchev–Trinajstić information content (AvgIpc) is 2.95. The quantitative estimate of drug-likeness (QED) is 0.257. The second-order valence-corrected chi connectivity index (χ2v) is 10.4. The Bertz CT molecular complexity index is 1230. The minimum atomic E-state index is -0.518. The van der Waals surface area contributed by atoms with E-state index in [1.807, 2.05) is 30.3 Å². The summed E-state index contributed by atoms with van der Waals surface area (Å²) in [7, 11) is 0. The third kappa shape index (κ3) is 6.61. The first kappa shape index (κ1) is 24.7. The van der Waals surface area contributed by atoms with Crippen LogP contribution in [0.3, 0.4) is 0 Å². The molecule has 0 amide bonds. The molecule has 2 N–H and O–H groups in total. The fourth-order valence-electron chi connectivity index (χ4n) is 4.76. The molecule has 0 saturated carbocycles. The number of nitrogens with one attached hydrogen (secondary N) is 1. The lowest BCUT2D eigenvalue weighted by atomic mass is 9.81. The second-order valence-electron chi connectivity index (χ2n) is 9.34. The van der Waals surface area contributed by atoms with Crippen molar-refractivity contribution in [2.45, 2.75) is 23.3 Å². The molecule has 0 bridgehead atoms. The van der Waals surface area contributed by atoms with Crippen LogP contribution in [-0.2, 0) is 0 Å². The lowest BCUT2D eigenvalue weighted by Gasteiger charge is -2.32. The lowest BCUT2D eigenvalue weighted by Crippen LogP contribution is -2.38. The fourth-order valence-corrected chi connectivity index (χ4v) is 5.59. The van der Waals surface area contributed by atoms with Gasteiger partial charge in [0.2, 0.25) is 0 Å². The largest absolute Gasteiger partial charge is 0.493 e. The van der Waals surface area contributed by atoms with E-state index in [1.54, 1.807) is 11.8 Å². The molecule has 0 spiro atoms. The van der Waals surface area contributed by atoms with Gasteiger partial charge in [-0.3, -0.25) is 0 Å². The Morgan fingerprint density at radius 2 is 1.58 bits per heavy atom. The maximum atomic E-state index is 10.3. The van der Waals surface area contributed by atoms with Crippen molar-refractivity contribution in [1.82, 2.24) is 5.32 Å². The van der Waals surface area contributed by atoms with E-state index < -0.39 is 6.10 Å². The highest BCUT2D eigenvalue weighted by molar-refractivity contribution is 7.99. The number of hydrogen-bond acceptors (Lipinski definition) is 5. The summed E-state index contributed by atoms with van der Waals surface area (Å²) in [6.45, 7) is 2.93. The standard InChI is InChI=1S/C31H33NO3S/c33-27(22-36-30-8-2-1-3-9-30)21-35-28-13-11-24(12-14-28)31-16-17-32-19-26(31)20-34-29-15-10-23-6-4-5-7-25(23)18-29/h1-15,18,26-27,31-33H,16-17,19-22H2. The van der Waals surface area contributed by atoms with E-state index in [1.165, 1.54) is 16.3 Å². The van der Waals surface area contributed by atoms with Crippen LogP contribution in [0.2, 0.25) is 0 Å². The minimum Gasteiger partial charge on any atom is -0.493 e. The van der Waals surface area contributed by atoms with Crippen LogP contribution in [0.25, 0.3) is 10.8 Å². The second kappa shape index (κ2) is 12.3. The van der Waals surface area contributed by atoms with Gasteiger partial charge >= 0.3 is 0 Å². The highest BCUT2D eigenvalue weighted by atomic mass is 32.2. The smallest absolute Gasteiger partial charge is 0.119 e. The van der Waals surface area contributed by atoms with Gasteiger partial charge in [-0.1, -0.05) is 60.7 Å². The van der Waals surface area contributed by atoms with Crippen molar-refractivity contribution in [3.63, 3.8) is 0 Å². The molecule has 0 radical (unpaired) electrons. The third-order valence-electron chi connectivity index (χ3n) is 6.73. The Morgan fingerprint density at radius 3 is 2.42 bits per heavy atom. The van der Waals surface area contributed by atoms with Crippen molar-refractivity contribution in [1.29, 1.82) is 0 Å². The summed E-state index contributed by atoms with van der Waals surface area (Å²) in [5, 5.41) is 16.3. The summed E-state index contributed by atoms with van der Waals surface area (Å²) in [5.41, 5.74) is 1.32.